The van der Waals surface area contributed by atoms with Gasteiger partial charge >= 0.3 is 0 Å². The van der Waals surface area contributed by atoms with Crippen molar-refractivity contribution in [3.8, 4) is 57.1 Å². The van der Waals surface area contributed by atoms with Crippen LogP contribution in [0.2, 0.25) is 0 Å². The summed E-state index contributed by atoms with van der Waals surface area (Å²) in [5.74, 6) is 2.97. The number of imidazole rings is 2. The fourth-order valence-electron chi connectivity index (χ4n) is 11.1. The molecule has 2 aliphatic rings. The first-order chi connectivity index (χ1) is 30.6. The molecule has 0 saturated carbocycles. The number of oxazole rings is 2. The number of rotatable bonds is 4. The standard InChI is InChI=1S/C54H41BN6O2/c1-26-14-9-15-27(2)40(26)51-58-45-47-34(24-36-49(45)62-53(56-36)42-30(5)18-11-19-31(42)6)55-35-25-37-50(63-54(57-37)43-32(7)20-12-21-33(43)8)46-48(35)61(39-23-13-22-38(44(39)55)60(47)51)52(59-46)41-28(3)16-10-17-29(41)4/h9-25H,1-8H3. The van der Waals surface area contributed by atoms with Gasteiger partial charge in [0.1, 0.15) is 33.7 Å². The molecule has 63 heavy (non-hydrogen) atoms. The van der Waals surface area contributed by atoms with Crippen LogP contribution in [0.15, 0.2) is 112 Å². The van der Waals surface area contributed by atoms with Crippen LogP contribution < -0.4 is 16.4 Å². The quantitative estimate of drug-likeness (QED) is 0.164. The SMILES string of the molecule is Cc1cccc(C)c1-c1nc2cc3c4c(nc(-c5c(C)cccc5C)n4-c4cccc5c4B3c3cc4nc(-c6c(C)cccc6C)oc4c4nc(-c6c(C)cccc6C)n-5c34)c2o1. The van der Waals surface area contributed by atoms with Crippen LogP contribution in [0.1, 0.15) is 44.5 Å². The van der Waals surface area contributed by atoms with E-state index >= 15 is 0 Å². The summed E-state index contributed by atoms with van der Waals surface area (Å²) in [5.41, 5.74) is 25.5. The minimum absolute atomic E-state index is 0.208. The highest BCUT2D eigenvalue weighted by atomic mass is 16.4. The summed E-state index contributed by atoms with van der Waals surface area (Å²) in [4.78, 5) is 21.9. The van der Waals surface area contributed by atoms with E-state index in [2.05, 4.69) is 168 Å². The predicted molar refractivity (Wildman–Crippen MR) is 255 cm³/mol. The fourth-order valence-corrected chi connectivity index (χ4v) is 11.1. The van der Waals surface area contributed by atoms with Crippen molar-refractivity contribution in [3.63, 3.8) is 0 Å². The van der Waals surface area contributed by atoms with Gasteiger partial charge in [0.2, 0.25) is 11.8 Å². The third-order valence-corrected chi connectivity index (χ3v) is 13.9. The average Bonchev–Trinajstić information content (AvgIpc) is 4.04. The minimum atomic E-state index is -0.208. The monoisotopic (exact) mass is 816 g/mol. The summed E-state index contributed by atoms with van der Waals surface area (Å²) in [6.45, 7) is 17.0. The van der Waals surface area contributed by atoms with E-state index in [9.17, 15) is 0 Å². The van der Waals surface area contributed by atoms with Gasteiger partial charge in [-0.25, -0.2) is 19.9 Å². The van der Waals surface area contributed by atoms with Gasteiger partial charge in [-0.15, -0.1) is 0 Å². The Morgan fingerprint density at radius 2 is 0.746 bits per heavy atom. The van der Waals surface area contributed by atoms with E-state index < -0.39 is 0 Å². The van der Waals surface area contributed by atoms with Gasteiger partial charge in [0, 0.05) is 33.6 Å². The molecule has 0 atom stereocenters. The van der Waals surface area contributed by atoms with E-state index in [-0.39, 0.29) is 6.71 Å². The zero-order valence-corrected chi connectivity index (χ0v) is 36.4. The number of aryl methyl sites for hydroxylation is 8. The summed E-state index contributed by atoms with van der Waals surface area (Å²) in [5, 5.41) is 0. The lowest BCUT2D eigenvalue weighted by Crippen LogP contribution is -2.59. The van der Waals surface area contributed by atoms with Gasteiger partial charge in [-0.1, -0.05) is 78.9 Å². The first-order valence-corrected chi connectivity index (χ1v) is 21.7. The number of benzene rings is 7. The van der Waals surface area contributed by atoms with Crippen LogP contribution in [0.4, 0.5) is 0 Å². The Kier molecular flexibility index (Phi) is 7.20. The maximum atomic E-state index is 6.90. The molecule has 9 heteroatoms. The molecular weight excluding hydrogens is 775 g/mol. The van der Waals surface area contributed by atoms with Crippen molar-refractivity contribution in [1.29, 1.82) is 0 Å². The van der Waals surface area contributed by atoms with Gasteiger partial charge in [-0.3, -0.25) is 9.13 Å². The van der Waals surface area contributed by atoms with E-state index in [1.807, 2.05) is 0 Å². The molecular formula is C54H41BN6O2. The molecule has 4 aromatic heterocycles. The molecule has 8 nitrogen and oxygen atoms in total. The lowest BCUT2D eigenvalue weighted by molar-refractivity contribution is 0.620. The van der Waals surface area contributed by atoms with Crippen molar-refractivity contribution in [2.75, 3.05) is 0 Å². The zero-order valence-electron chi connectivity index (χ0n) is 36.4. The summed E-state index contributed by atoms with van der Waals surface area (Å²) in [6.07, 6.45) is 0. The van der Waals surface area contributed by atoms with Crippen molar-refractivity contribution in [2.24, 2.45) is 0 Å². The molecule has 0 amide bonds. The lowest BCUT2D eigenvalue weighted by atomic mass is 9.34. The third-order valence-electron chi connectivity index (χ3n) is 13.9. The Morgan fingerprint density at radius 3 is 1.11 bits per heavy atom. The van der Waals surface area contributed by atoms with Crippen molar-refractivity contribution in [3.05, 3.63) is 148 Å². The number of nitrogens with zero attached hydrogens (tertiary/aromatic N) is 6. The molecule has 7 aromatic carbocycles. The molecule has 6 heterocycles. The van der Waals surface area contributed by atoms with Crippen molar-refractivity contribution in [2.45, 2.75) is 55.4 Å². The van der Waals surface area contributed by atoms with Gasteiger partial charge in [0.25, 0.3) is 6.71 Å². The fraction of sp³-hybridized carbons (Fsp3) is 0.148. The number of aromatic nitrogens is 6. The summed E-state index contributed by atoms with van der Waals surface area (Å²) in [6, 6.07) is 36.8. The number of hydrogen-bond donors (Lipinski definition) is 0. The molecule has 2 aliphatic heterocycles. The molecule has 13 rings (SSSR count). The summed E-state index contributed by atoms with van der Waals surface area (Å²) >= 11 is 0. The topological polar surface area (TPSA) is 87.7 Å². The van der Waals surface area contributed by atoms with E-state index in [0.29, 0.717) is 22.9 Å². The smallest absolute Gasteiger partial charge is 0.252 e. The Balaban J connectivity index is 1.20. The molecule has 0 radical (unpaired) electrons. The maximum absolute atomic E-state index is 6.90. The highest BCUT2D eigenvalue weighted by molar-refractivity contribution is 7.00. The normalized spacial score (nSPS) is 12.7. The van der Waals surface area contributed by atoms with Crippen LogP contribution >= 0.6 is 0 Å². The average molecular weight is 817 g/mol. The highest BCUT2D eigenvalue weighted by Crippen LogP contribution is 2.43. The van der Waals surface area contributed by atoms with Gasteiger partial charge in [-0.05, 0) is 141 Å². The molecule has 11 aromatic rings. The second kappa shape index (κ2) is 12.5. The van der Waals surface area contributed by atoms with Gasteiger partial charge < -0.3 is 8.83 Å². The molecule has 302 valence electrons. The van der Waals surface area contributed by atoms with E-state index in [1.165, 1.54) is 5.46 Å². The first-order valence-electron chi connectivity index (χ1n) is 21.7. The van der Waals surface area contributed by atoms with Crippen LogP contribution in [0.5, 0.6) is 0 Å². The minimum Gasteiger partial charge on any atom is -0.434 e. The van der Waals surface area contributed by atoms with Crippen molar-refractivity contribution in [1.82, 2.24) is 29.1 Å². The molecule has 0 bridgehead atoms. The summed E-state index contributed by atoms with van der Waals surface area (Å²) in [7, 11) is 0. The maximum Gasteiger partial charge on any atom is 0.252 e. The Bertz CT molecular complexity index is 3530. The van der Waals surface area contributed by atoms with E-state index in [4.69, 9.17) is 28.8 Å². The number of hydrogen-bond acceptors (Lipinski definition) is 6. The second-order valence-corrected chi connectivity index (χ2v) is 17.8. The molecule has 0 saturated heterocycles. The van der Waals surface area contributed by atoms with Gasteiger partial charge in [-0.2, -0.15) is 0 Å². The Hall–Kier alpha value is -7.52. The molecule has 0 spiro atoms. The Labute approximate surface area is 364 Å². The van der Waals surface area contributed by atoms with E-state index in [0.717, 1.165) is 134 Å². The summed E-state index contributed by atoms with van der Waals surface area (Å²) < 4.78 is 18.6. The van der Waals surface area contributed by atoms with Crippen LogP contribution in [-0.2, 0) is 0 Å². The second-order valence-electron chi connectivity index (χ2n) is 17.8. The number of fused-ring (bicyclic) bond motifs is 8. The Morgan fingerprint density at radius 1 is 0.413 bits per heavy atom. The zero-order chi connectivity index (χ0) is 42.7. The highest BCUT2D eigenvalue weighted by Gasteiger charge is 2.44. The molecule has 0 unspecified atom stereocenters. The van der Waals surface area contributed by atoms with Crippen LogP contribution in [-0.4, -0.2) is 35.8 Å². The molecule has 0 fully saturated rings. The first kappa shape index (κ1) is 36.2. The van der Waals surface area contributed by atoms with Crippen molar-refractivity contribution < 1.29 is 8.83 Å². The van der Waals surface area contributed by atoms with Crippen LogP contribution in [0.25, 0.3) is 101 Å². The third kappa shape index (κ3) is 4.71. The van der Waals surface area contributed by atoms with E-state index in [1.54, 1.807) is 0 Å². The van der Waals surface area contributed by atoms with Crippen LogP contribution in [0, 0.1) is 55.4 Å². The molecule has 0 N–H and O–H groups in total. The predicted octanol–water partition coefficient (Wildman–Crippen LogP) is 10.9. The molecule has 0 aliphatic carbocycles. The van der Waals surface area contributed by atoms with Gasteiger partial charge in [0.15, 0.2) is 11.2 Å². The largest absolute Gasteiger partial charge is 0.434 e. The van der Waals surface area contributed by atoms with Crippen molar-refractivity contribution >= 4 is 67.4 Å². The lowest BCUT2D eigenvalue weighted by Gasteiger charge is -2.33. The van der Waals surface area contributed by atoms with Gasteiger partial charge in [0.05, 0.1) is 11.0 Å². The van der Waals surface area contributed by atoms with Crippen LogP contribution in [0.3, 0.4) is 0 Å².